The zero-order valence-electron chi connectivity index (χ0n) is 10.0. The van der Waals surface area contributed by atoms with Gasteiger partial charge in [-0.3, -0.25) is 9.78 Å². The average molecular weight is 251 g/mol. The molecule has 0 saturated heterocycles. The Kier molecular flexibility index (Phi) is 2.62. The summed E-state index contributed by atoms with van der Waals surface area (Å²) in [6, 6.07) is 0.219. The summed E-state index contributed by atoms with van der Waals surface area (Å²) in [5.41, 5.74) is 5.82. The Balaban J connectivity index is 1.92. The minimum Gasteiger partial charge on any atom is -0.393 e. The normalized spacial score (nSPS) is 26.8. The van der Waals surface area contributed by atoms with Crippen molar-refractivity contribution in [3.05, 3.63) is 10.4 Å². The number of aromatic nitrogens is 2. The second kappa shape index (κ2) is 4.16. The third kappa shape index (κ3) is 1.80. The maximum atomic E-state index is 11.7. The van der Waals surface area contributed by atoms with E-state index >= 15 is 0 Å². The van der Waals surface area contributed by atoms with E-state index in [1.165, 1.54) is 0 Å². The van der Waals surface area contributed by atoms with Gasteiger partial charge in [-0.05, 0) is 25.7 Å². The highest BCUT2D eigenvalue weighted by Gasteiger charge is 2.32. The van der Waals surface area contributed by atoms with Crippen LogP contribution in [0.5, 0.6) is 0 Å². The molecule has 0 radical (unpaired) electrons. The Hall–Kier alpha value is -1.76. The summed E-state index contributed by atoms with van der Waals surface area (Å²) in [6.45, 7) is 0.548. The summed E-state index contributed by atoms with van der Waals surface area (Å²) in [5.74, 6) is 0.735. The SMILES string of the molecule is Nc1nc2c(c(=O)[nH]1)NCN2C1CCCC(O)C1. The van der Waals surface area contributed by atoms with E-state index in [9.17, 15) is 9.90 Å². The van der Waals surface area contributed by atoms with Crippen molar-refractivity contribution in [2.45, 2.75) is 37.8 Å². The molecule has 18 heavy (non-hydrogen) atoms. The van der Waals surface area contributed by atoms with Crippen LogP contribution in [0.25, 0.3) is 0 Å². The van der Waals surface area contributed by atoms with Gasteiger partial charge in [0.2, 0.25) is 5.95 Å². The van der Waals surface area contributed by atoms with Gasteiger partial charge < -0.3 is 21.1 Å². The summed E-state index contributed by atoms with van der Waals surface area (Å²) >= 11 is 0. The van der Waals surface area contributed by atoms with Crippen molar-refractivity contribution in [3.63, 3.8) is 0 Å². The first-order chi connectivity index (χ1) is 8.65. The van der Waals surface area contributed by atoms with E-state index < -0.39 is 0 Å². The first-order valence-electron chi connectivity index (χ1n) is 6.23. The van der Waals surface area contributed by atoms with Crippen molar-refractivity contribution < 1.29 is 5.11 Å². The van der Waals surface area contributed by atoms with E-state index in [2.05, 4.69) is 15.3 Å². The van der Waals surface area contributed by atoms with Crippen molar-refractivity contribution in [2.75, 3.05) is 22.6 Å². The molecule has 1 fully saturated rings. The molecular formula is C11H17N5O2. The molecule has 1 saturated carbocycles. The summed E-state index contributed by atoms with van der Waals surface area (Å²) in [5, 5.41) is 12.8. The number of H-pyrrole nitrogens is 1. The second-order valence-electron chi connectivity index (χ2n) is 4.93. The molecule has 98 valence electrons. The van der Waals surface area contributed by atoms with Gasteiger partial charge in [0.15, 0.2) is 5.82 Å². The van der Waals surface area contributed by atoms with Crippen LogP contribution in [0.3, 0.4) is 0 Å². The van der Waals surface area contributed by atoms with Gasteiger partial charge >= 0.3 is 0 Å². The predicted molar refractivity (Wildman–Crippen MR) is 68.5 cm³/mol. The van der Waals surface area contributed by atoms with E-state index in [0.29, 0.717) is 18.2 Å². The highest BCUT2D eigenvalue weighted by Crippen LogP contribution is 2.32. The monoisotopic (exact) mass is 251 g/mol. The van der Waals surface area contributed by atoms with E-state index in [0.717, 1.165) is 25.7 Å². The lowest BCUT2D eigenvalue weighted by Gasteiger charge is -2.33. The molecule has 3 rings (SSSR count). The predicted octanol–water partition coefficient (Wildman–Crippen LogP) is -0.155. The lowest BCUT2D eigenvalue weighted by atomic mass is 9.92. The molecule has 2 aliphatic rings. The van der Waals surface area contributed by atoms with Crippen LogP contribution < -0.4 is 21.5 Å². The van der Waals surface area contributed by atoms with E-state index in [1.807, 2.05) is 4.90 Å². The van der Waals surface area contributed by atoms with Crippen molar-refractivity contribution in [1.29, 1.82) is 0 Å². The molecular weight excluding hydrogens is 234 g/mol. The number of aromatic amines is 1. The van der Waals surface area contributed by atoms with Crippen molar-refractivity contribution in [3.8, 4) is 0 Å². The molecule has 2 atom stereocenters. The maximum Gasteiger partial charge on any atom is 0.277 e. The molecule has 2 heterocycles. The first-order valence-corrected chi connectivity index (χ1v) is 6.23. The van der Waals surface area contributed by atoms with Crippen LogP contribution in [0.1, 0.15) is 25.7 Å². The molecule has 0 aromatic carbocycles. The Labute approximate surface area is 104 Å². The number of nitrogen functional groups attached to an aromatic ring is 1. The number of nitrogens with one attached hydrogen (secondary N) is 2. The van der Waals surface area contributed by atoms with Crippen LogP contribution in [-0.4, -0.2) is 33.9 Å². The third-order valence-electron chi connectivity index (χ3n) is 3.68. The Bertz CT molecular complexity index is 515. The topological polar surface area (TPSA) is 107 Å². The zero-order chi connectivity index (χ0) is 12.7. The van der Waals surface area contributed by atoms with Gasteiger partial charge in [-0.2, -0.15) is 4.98 Å². The Morgan fingerprint density at radius 2 is 2.28 bits per heavy atom. The zero-order valence-corrected chi connectivity index (χ0v) is 10.0. The van der Waals surface area contributed by atoms with E-state index in [-0.39, 0.29) is 23.7 Å². The van der Waals surface area contributed by atoms with Gasteiger partial charge in [0, 0.05) is 6.04 Å². The molecule has 1 aliphatic carbocycles. The number of hydrogen-bond acceptors (Lipinski definition) is 6. The fourth-order valence-corrected chi connectivity index (χ4v) is 2.81. The van der Waals surface area contributed by atoms with Crippen molar-refractivity contribution in [2.24, 2.45) is 0 Å². The molecule has 1 aromatic heterocycles. The average Bonchev–Trinajstić information content (AvgIpc) is 2.72. The number of anilines is 3. The lowest BCUT2D eigenvalue weighted by molar-refractivity contribution is 0.119. The number of rotatable bonds is 1. The van der Waals surface area contributed by atoms with Crippen LogP contribution in [0.2, 0.25) is 0 Å². The van der Waals surface area contributed by atoms with Crippen LogP contribution >= 0.6 is 0 Å². The molecule has 2 unspecified atom stereocenters. The Morgan fingerprint density at radius 3 is 3.06 bits per heavy atom. The number of aliphatic hydroxyl groups excluding tert-OH is 1. The second-order valence-corrected chi connectivity index (χ2v) is 4.93. The minimum absolute atomic E-state index is 0.129. The molecule has 1 aromatic rings. The summed E-state index contributed by atoms with van der Waals surface area (Å²) < 4.78 is 0. The van der Waals surface area contributed by atoms with Gasteiger partial charge in [-0.25, -0.2) is 0 Å². The molecule has 0 bridgehead atoms. The summed E-state index contributed by atoms with van der Waals surface area (Å²) in [4.78, 5) is 20.4. The molecule has 1 aliphatic heterocycles. The van der Waals surface area contributed by atoms with Crippen LogP contribution in [0.15, 0.2) is 4.79 Å². The molecule has 5 N–H and O–H groups in total. The summed E-state index contributed by atoms with van der Waals surface area (Å²) in [7, 11) is 0. The molecule has 0 amide bonds. The summed E-state index contributed by atoms with van der Waals surface area (Å²) in [6.07, 6.45) is 3.32. The number of nitrogens with two attached hydrogens (primary N) is 1. The standard InChI is InChI=1S/C11H17N5O2/c12-11-14-9-8(10(18)15-11)13-5-16(9)6-2-1-3-7(17)4-6/h6-7,13,17H,1-5H2,(H3,12,14,15,18). The first kappa shape index (κ1) is 11.3. The Morgan fingerprint density at radius 1 is 1.44 bits per heavy atom. The van der Waals surface area contributed by atoms with Gasteiger partial charge in [0.05, 0.1) is 12.8 Å². The fourth-order valence-electron chi connectivity index (χ4n) is 2.81. The maximum absolute atomic E-state index is 11.7. The van der Waals surface area contributed by atoms with Crippen molar-refractivity contribution >= 4 is 17.5 Å². The number of nitrogens with zero attached hydrogens (tertiary/aromatic N) is 2. The molecule has 0 spiro atoms. The minimum atomic E-state index is -0.257. The molecule has 7 heteroatoms. The number of hydrogen-bond donors (Lipinski definition) is 4. The van der Waals surface area contributed by atoms with Gasteiger partial charge in [-0.1, -0.05) is 0 Å². The quantitative estimate of drug-likeness (QED) is 0.552. The van der Waals surface area contributed by atoms with Crippen molar-refractivity contribution in [1.82, 2.24) is 9.97 Å². The number of aliphatic hydroxyl groups is 1. The van der Waals surface area contributed by atoms with Crippen LogP contribution in [0.4, 0.5) is 17.5 Å². The highest BCUT2D eigenvalue weighted by atomic mass is 16.3. The van der Waals surface area contributed by atoms with E-state index in [1.54, 1.807) is 0 Å². The molecule has 7 nitrogen and oxygen atoms in total. The largest absolute Gasteiger partial charge is 0.393 e. The smallest absolute Gasteiger partial charge is 0.277 e. The van der Waals surface area contributed by atoms with E-state index in [4.69, 9.17) is 5.73 Å². The fraction of sp³-hybridized carbons (Fsp3) is 0.636. The van der Waals surface area contributed by atoms with Gasteiger partial charge in [0.1, 0.15) is 5.69 Å². The van der Waals surface area contributed by atoms with Crippen LogP contribution in [0, 0.1) is 0 Å². The van der Waals surface area contributed by atoms with Gasteiger partial charge in [0.25, 0.3) is 5.56 Å². The lowest BCUT2D eigenvalue weighted by Crippen LogP contribution is -2.40. The van der Waals surface area contributed by atoms with Crippen LogP contribution in [-0.2, 0) is 0 Å². The van der Waals surface area contributed by atoms with Gasteiger partial charge in [-0.15, -0.1) is 0 Å². The highest BCUT2D eigenvalue weighted by molar-refractivity contribution is 5.71. The third-order valence-corrected chi connectivity index (χ3v) is 3.68. The number of fused-ring (bicyclic) bond motifs is 1.